The molecule has 0 N–H and O–H groups in total. The Morgan fingerprint density at radius 3 is 1.27 bits per heavy atom. The Labute approximate surface area is 199 Å². The van der Waals surface area contributed by atoms with Gasteiger partial charge in [0.15, 0.2) is 0 Å². The maximum atomic E-state index is 5.95. The van der Waals surface area contributed by atoms with Gasteiger partial charge < -0.3 is 28.4 Å². The summed E-state index contributed by atoms with van der Waals surface area (Å²) in [5, 5.41) is 0. The summed E-state index contributed by atoms with van der Waals surface area (Å²) in [6, 6.07) is 20.2. The topological polar surface area (TPSA) is 55.4 Å². The molecule has 2 unspecified atom stereocenters. The van der Waals surface area contributed by atoms with Gasteiger partial charge in [-0.15, -0.1) is 0 Å². The minimum atomic E-state index is -0.229. The lowest BCUT2D eigenvalue weighted by Gasteiger charge is -2.23. The molecule has 2 aromatic rings. The highest BCUT2D eigenvalue weighted by Crippen LogP contribution is 2.07. The van der Waals surface area contributed by atoms with Crippen LogP contribution < -0.4 is 0 Å². The van der Waals surface area contributed by atoms with Gasteiger partial charge in [0, 0.05) is 0 Å². The standard InChI is InChI=1S/C27H40O6/c1-22(2)30-19-26(17-28-15-24-11-7-5-8-12-24)32-21-33-27(20-31-23(3)4)18-29-16-25-13-9-6-10-14-25/h5-14,22-23,26-27H,15-21H2,1-4H3. The summed E-state index contributed by atoms with van der Waals surface area (Å²) < 4.78 is 35.1. The largest absolute Gasteiger partial charge is 0.376 e. The van der Waals surface area contributed by atoms with Gasteiger partial charge in [-0.2, -0.15) is 0 Å². The molecule has 0 saturated heterocycles. The van der Waals surface area contributed by atoms with E-state index in [9.17, 15) is 0 Å². The summed E-state index contributed by atoms with van der Waals surface area (Å²) in [6.45, 7) is 10.9. The van der Waals surface area contributed by atoms with Crippen molar-refractivity contribution in [1.29, 1.82) is 0 Å². The van der Waals surface area contributed by atoms with Crippen molar-refractivity contribution in [2.75, 3.05) is 33.2 Å². The zero-order chi connectivity index (χ0) is 23.7. The van der Waals surface area contributed by atoms with E-state index in [1.807, 2.05) is 88.4 Å². The fourth-order valence-electron chi connectivity index (χ4n) is 2.88. The SMILES string of the molecule is CC(C)OCC(COCc1ccccc1)OCOC(COCc1ccccc1)COC(C)C. The molecule has 33 heavy (non-hydrogen) atoms. The average Bonchev–Trinajstić information content (AvgIpc) is 2.81. The third kappa shape index (κ3) is 13.5. The summed E-state index contributed by atoms with van der Waals surface area (Å²) in [5.74, 6) is 0. The van der Waals surface area contributed by atoms with Crippen molar-refractivity contribution in [2.45, 2.75) is 65.3 Å². The molecule has 0 radical (unpaired) electrons. The molecule has 2 aromatic carbocycles. The van der Waals surface area contributed by atoms with Crippen molar-refractivity contribution in [3.63, 3.8) is 0 Å². The molecule has 6 nitrogen and oxygen atoms in total. The number of ether oxygens (including phenoxy) is 6. The van der Waals surface area contributed by atoms with E-state index in [2.05, 4.69) is 0 Å². The van der Waals surface area contributed by atoms with Gasteiger partial charge in [0.1, 0.15) is 19.0 Å². The van der Waals surface area contributed by atoms with Gasteiger partial charge in [-0.3, -0.25) is 0 Å². The highest BCUT2D eigenvalue weighted by Gasteiger charge is 2.15. The quantitative estimate of drug-likeness (QED) is 0.292. The summed E-state index contributed by atoms with van der Waals surface area (Å²) in [4.78, 5) is 0. The molecule has 0 saturated carbocycles. The molecule has 0 aromatic heterocycles. The smallest absolute Gasteiger partial charge is 0.147 e. The van der Waals surface area contributed by atoms with Crippen LogP contribution in [0.25, 0.3) is 0 Å². The van der Waals surface area contributed by atoms with Crippen LogP contribution in [0.5, 0.6) is 0 Å². The molecule has 184 valence electrons. The highest BCUT2D eigenvalue weighted by molar-refractivity contribution is 5.14. The van der Waals surface area contributed by atoms with Crippen LogP contribution in [0.15, 0.2) is 60.7 Å². The first-order chi connectivity index (χ1) is 16.0. The first kappa shape index (κ1) is 27.4. The van der Waals surface area contributed by atoms with Crippen molar-refractivity contribution in [2.24, 2.45) is 0 Å². The van der Waals surface area contributed by atoms with E-state index in [1.54, 1.807) is 0 Å². The molecule has 6 heteroatoms. The van der Waals surface area contributed by atoms with Crippen LogP contribution in [0.3, 0.4) is 0 Å². The predicted octanol–water partition coefficient (Wildman–Crippen LogP) is 5.00. The summed E-state index contributed by atoms with van der Waals surface area (Å²) in [5.41, 5.74) is 2.25. The molecule has 0 aliphatic carbocycles. The molecule has 0 aliphatic rings. The second-order valence-corrected chi connectivity index (χ2v) is 8.46. The molecule has 0 bridgehead atoms. The normalized spacial score (nSPS) is 13.5. The lowest BCUT2D eigenvalue weighted by molar-refractivity contribution is -0.174. The van der Waals surface area contributed by atoms with Crippen molar-refractivity contribution < 1.29 is 28.4 Å². The lowest BCUT2D eigenvalue weighted by Crippen LogP contribution is -2.32. The number of hydrogen-bond donors (Lipinski definition) is 0. The van der Waals surface area contributed by atoms with Crippen LogP contribution >= 0.6 is 0 Å². The van der Waals surface area contributed by atoms with E-state index in [-0.39, 0.29) is 31.2 Å². The van der Waals surface area contributed by atoms with Crippen molar-refractivity contribution in [3.8, 4) is 0 Å². The Morgan fingerprint density at radius 2 is 0.909 bits per heavy atom. The number of benzene rings is 2. The van der Waals surface area contributed by atoms with E-state index in [0.717, 1.165) is 11.1 Å². The highest BCUT2D eigenvalue weighted by atomic mass is 16.7. The van der Waals surface area contributed by atoms with Crippen LogP contribution in [0.1, 0.15) is 38.8 Å². The molecule has 0 heterocycles. The van der Waals surface area contributed by atoms with Gasteiger partial charge in [-0.1, -0.05) is 60.7 Å². The Morgan fingerprint density at radius 1 is 0.515 bits per heavy atom. The Kier molecular flexibility index (Phi) is 13.9. The van der Waals surface area contributed by atoms with Crippen molar-refractivity contribution in [3.05, 3.63) is 71.8 Å². The van der Waals surface area contributed by atoms with Crippen LogP contribution in [0, 0.1) is 0 Å². The second kappa shape index (κ2) is 16.8. The van der Waals surface area contributed by atoms with Gasteiger partial charge >= 0.3 is 0 Å². The first-order valence-corrected chi connectivity index (χ1v) is 11.7. The van der Waals surface area contributed by atoms with Crippen LogP contribution in [-0.4, -0.2) is 57.6 Å². The zero-order valence-electron chi connectivity index (χ0n) is 20.5. The van der Waals surface area contributed by atoms with Gasteiger partial charge in [0.25, 0.3) is 0 Å². The fourth-order valence-corrected chi connectivity index (χ4v) is 2.88. The van der Waals surface area contributed by atoms with E-state index < -0.39 is 0 Å². The van der Waals surface area contributed by atoms with E-state index in [0.29, 0.717) is 39.6 Å². The molecule has 0 spiro atoms. The average molecular weight is 461 g/mol. The van der Waals surface area contributed by atoms with Crippen molar-refractivity contribution >= 4 is 0 Å². The fraction of sp³-hybridized carbons (Fsp3) is 0.556. The van der Waals surface area contributed by atoms with Gasteiger partial charge in [-0.05, 0) is 38.8 Å². The van der Waals surface area contributed by atoms with Gasteiger partial charge in [-0.25, -0.2) is 0 Å². The molecule has 2 rings (SSSR count). The summed E-state index contributed by atoms with van der Waals surface area (Å²) >= 11 is 0. The molecular weight excluding hydrogens is 420 g/mol. The minimum Gasteiger partial charge on any atom is -0.376 e. The third-order valence-electron chi connectivity index (χ3n) is 4.67. The predicted molar refractivity (Wildman–Crippen MR) is 129 cm³/mol. The minimum absolute atomic E-state index is 0.113. The molecule has 0 fully saturated rings. The van der Waals surface area contributed by atoms with Crippen LogP contribution in [0.4, 0.5) is 0 Å². The molecule has 2 atom stereocenters. The van der Waals surface area contributed by atoms with Gasteiger partial charge in [0.05, 0.1) is 51.8 Å². The van der Waals surface area contributed by atoms with E-state index in [4.69, 9.17) is 28.4 Å². The Bertz CT molecular complexity index is 646. The lowest BCUT2D eigenvalue weighted by atomic mass is 10.2. The number of hydrogen-bond acceptors (Lipinski definition) is 6. The molecule has 0 aliphatic heterocycles. The summed E-state index contributed by atoms with van der Waals surface area (Å²) in [6.07, 6.45) is -0.226. The Balaban J connectivity index is 1.77. The first-order valence-electron chi connectivity index (χ1n) is 11.7. The monoisotopic (exact) mass is 460 g/mol. The maximum absolute atomic E-state index is 5.95. The van der Waals surface area contributed by atoms with Crippen LogP contribution in [0.2, 0.25) is 0 Å². The zero-order valence-corrected chi connectivity index (χ0v) is 20.5. The van der Waals surface area contributed by atoms with E-state index >= 15 is 0 Å². The number of rotatable bonds is 18. The van der Waals surface area contributed by atoms with Crippen LogP contribution in [-0.2, 0) is 41.6 Å². The Hall–Kier alpha value is -1.80. The molecular formula is C27H40O6. The van der Waals surface area contributed by atoms with E-state index in [1.165, 1.54) is 0 Å². The second-order valence-electron chi connectivity index (χ2n) is 8.46. The van der Waals surface area contributed by atoms with Crippen molar-refractivity contribution in [1.82, 2.24) is 0 Å². The molecule has 0 amide bonds. The van der Waals surface area contributed by atoms with Gasteiger partial charge in [0.2, 0.25) is 0 Å². The maximum Gasteiger partial charge on any atom is 0.147 e. The third-order valence-corrected chi connectivity index (χ3v) is 4.67. The summed E-state index contributed by atoms with van der Waals surface area (Å²) in [7, 11) is 0.